The Labute approximate surface area is 100 Å². The molecular weight excluding hydrogens is 198 g/mol. The molecule has 16 heavy (non-hydrogen) atoms. The van der Waals surface area contributed by atoms with Gasteiger partial charge in [-0.05, 0) is 38.4 Å². The van der Waals surface area contributed by atoms with Gasteiger partial charge in [-0.3, -0.25) is 0 Å². The molecule has 2 unspecified atom stereocenters. The van der Waals surface area contributed by atoms with Crippen LogP contribution in [0.4, 0.5) is 0 Å². The number of nitrogens with zero attached hydrogens (tertiary/aromatic N) is 2. The van der Waals surface area contributed by atoms with Crippen molar-refractivity contribution in [1.29, 1.82) is 0 Å². The van der Waals surface area contributed by atoms with Gasteiger partial charge in [-0.25, -0.2) is 0 Å². The van der Waals surface area contributed by atoms with Crippen molar-refractivity contribution in [3.8, 4) is 0 Å². The van der Waals surface area contributed by atoms with E-state index in [1.54, 1.807) is 0 Å². The van der Waals surface area contributed by atoms with Gasteiger partial charge >= 0.3 is 0 Å². The predicted molar refractivity (Wildman–Crippen MR) is 68.7 cm³/mol. The van der Waals surface area contributed by atoms with Gasteiger partial charge in [0.05, 0.1) is 0 Å². The fraction of sp³-hybridized carbons (Fsp3) is 1.00. The highest BCUT2D eigenvalue weighted by molar-refractivity contribution is 4.84. The Morgan fingerprint density at radius 3 is 2.62 bits per heavy atom. The third-order valence-electron chi connectivity index (χ3n) is 4.50. The van der Waals surface area contributed by atoms with Gasteiger partial charge in [0, 0.05) is 32.2 Å². The fourth-order valence-electron chi connectivity index (χ4n) is 2.89. The van der Waals surface area contributed by atoms with Gasteiger partial charge in [0.2, 0.25) is 0 Å². The lowest BCUT2D eigenvalue weighted by Crippen LogP contribution is -2.54. The minimum absolute atomic E-state index is 0.778. The van der Waals surface area contributed by atoms with Crippen LogP contribution in [0.5, 0.6) is 0 Å². The largest absolute Gasteiger partial charge is 0.316 e. The first-order chi connectivity index (χ1) is 7.70. The molecule has 0 aromatic rings. The van der Waals surface area contributed by atoms with Crippen molar-refractivity contribution in [2.75, 3.05) is 46.3 Å². The van der Waals surface area contributed by atoms with Crippen LogP contribution in [0, 0.1) is 11.8 Å². The van der Waals surface area contributed by atoms with Gasteiger partial charge in [-0.1, -0.05) is 13.8 Å². The topological polar surface area (TPSA) is 18.5 Å². The van der Waals surface area contributed by atoms with Crippen molar-refractivity contribution in [3.05, 3.63) is 0 Å². The second kappa shape index (κ2) is 5.48. The van der Waals surface area contributed by atoms with Crippen molar-refractivity contribution >= 4 is 0 Å². The van der Waals surface area contributed by atoms with Gasteiger partial charge in [0.1, 0.15) is 0 Å². The number of hydrogen-bond acceptors (Lipinski definition) is 3. The Morgan fingerprint density at radius 1 is 1.31 bits per heavy atom. The summed E-state index contributed by atoms with van der Waals surface area (Å²) in [6, 6.07) is 0.778. The maximum Gasteiger partial charge on any atom is 0.0218 e. The molecule has 2 saturated heterocycles. The normalized spacial score (nSPS) is 31.3. The van der Waals surface area contributed by atoms with Gasteiger partial charge in [-0.15, -0.1) is 0 Å². The average Bonchev–Trinajstić information content (AvgIpc) is 2.18. The second-order valence-corrected chi connectivity index (χ2v) is 5.70. The van der Waals surface area contributed by atoms with Gasteiger partial charge in [0.15, 0.2) is 0 Å². The molecule has 2 aliphatic heterocycles. The van der Waals surface area contributed by atoms with Gasteiger partial charge in [-0.2, -0.15) is 0 Å². The van der Waals surface area contributed by atoms with Crippen LogP contribution >= 0.6 is 0 Å². The van der Waals surface area contributed by atoms with Crippen molar-refractivity contribution in [2.45, 2.75) is 26.3 Å². The van der Waals surface area contributed by atoms with Crippen LogP contribution in [-0.2, 0) is 0 Å². The summed E-state index contributed by atoms with van der Waals surface area (Å²) in [7, 11) is 2.27. The molecule has 3 nitrogen and oxygen atoms in total. The molecular formula is C13H27N3. The van der Waals surface area contributed by atoms with Crippen LogP contribution in [0.25, 0.3) is 0 Å². The molecule has 2 rings (SSSR count). The minimum atomic E-state index is 0.778. The van der Waals surface area contributed by atoms with E-state index in [1.807, 2.05) is 0 Å². The molecule has 2 atom stereocenters. The zero-order valence-electron chi connectivity index (χ0n) is 11.1. The Bertz CT molecular complexity index is 215. The number of nitrogens with one attached hydrogen (secondary N) is 1. The molecule has 0 spiro atoms. The second-order valence-electron chi connectivity index (χ2n) is 5.70. The van der Waals surface area contributed by atoms with Crippen LogP contribution < -0.4 is 5.32 Å². The number of hydrogen-bond donors (Lipinski definition) is 1. The van der Waals surface area contributed by atoms with Crippen LogP contribution in [0.2, 0.25) is 0 Å². The molecule has 0 saturated carbocycles. The maximum atomic E-state index is 3.38. The zero-order chi connectivity index (χ0) is 11.5. The lowest BCUT2D eigenvalue weighted by atomic mass is 9.88. The van der Waals surface area contributed by atoms with Crippen molar-refractivity contribution in [1.82, 2.24) is 15.1 Å². The lowest BCUT2D eigenvalue weighted by Gasteiger charge is -2.42. The monoisotopic (exact) mass is 225 g/mol. The molecule has 2 heterocycles. The molecule has 0 aromatic carbocycles. The Morgan fingerprint density at radius 2 is 2.06 bits per heavy atom. The third kappa shape index (κ3) is 2.76. The first-order valence-electron chi connectivity index (χ1n) is 6.84. The molecule has 1 N–H and O–H groups in total. The van der Waals surface area contributed by atoms with E-state index in [-0.39, 0.29) is 0 Å². The fourth-order valence-corrected chi connectivity index (χ4v) is 2.89. The predicted octanol–water partition coefficient (Wildman–Crippen LogP) is 0.868. The summed E-state index contributed by atoms with van der Waals surface area (Å²) in [5.41, 5.74) is 0. The first kappa shape index (κ1) is 12.3. The van der Waals surface area contributed by atoms with Crippen LogP contribution in [0.1, 0.15) is 20.3 Å². The highest BCUT2D eigenvalue weighted by atomic mass is 15.3. The summed E-state index contributed by atoms with van der Waals surface area (Å²) in [6.45, 7) is 12.3. The van der Waals surface area contributed by atoms with Gasteiger partial charge < -0.3 is 15.1 Å². The minimum Gasteiger partial charge on any atom is -0.316 e. The van der Waals surface area contributed by atoms with E-state index < -0.39 is 0 Å². The summed E-state index contributed by atoms with van der Waals surface area (Å²) in [5, 5.41) is 3.38. The van der Waals surface area contributed by atoms with Crippen LogP contribution in [-0.4, -0.2) is 62.2 Å². The van der Waals surface area contributed by atoms with E-state index in [0.717, 1.165) is 17.9 Å². The van der Waals surface area contributed by atoms with Gasteiger partial charge in [0.25, 0.3) is 0 Å². The number of piperazine rings is 1. The molecule has 0 bridgehead atoms. The average molecular weight is 225 g/mol. The maximum absolute atomic E-state index is 3.38. The van der Waals surface area contributed by atoms with E-state index in [4.69, 9.17) is 0 Å². The Balaban J connectivity index is 1.76. The molecule has 0 aliphatic carbocycles. The highest BCUT2D eigenvalue weighted by Gasteiger charge is 2.28. The Hall–Kier alpha value is -0.120. The SMILES string of the molecule is CCC1CN(CC(C)C2CNC2)CCN1C. The molecule has 94 valence electrons. The van der Waals surface area contributed by atoms with Crippen LogP contribution in [0.15, 0.2) is 0 Å². The van der Waals surface area contributed by atoms with Crippen molar-refractivity contribution in [3.63, 3.8) is 0 Å². The van der Waals surface area contributed by atoms with Crippen LogP contribution in [0.3, 0.4) is 0 Å². The van der Waals surface area contributed by atoms with E-state index >= 15 is 0 Å². The summed E-state index contributed by atoms with van der Waals surface area (Å²) in [4.78, 5) is 5.20. The summed E-state index contributed by atoms with van der Waals surface area (Å²) in [6.07, 6.45) is 1.28. The lowest BCUT2D eigenvalue weighted by molar-refractivity contribution is 0.0697. The zero-order valence-corrected chi connectivity index (χ0v) is 11.1. The summed E-state index contributed by atoms with van der Waals surface area (Å²) in [5.74, 6) is 1.79. The molecule has 0 radical (unpaired) electrons. The van der Waals surface area contributed by atoms with E-state index in [1.165, 1.54) is 45.7 Å². The molecule has 2 fully saturated rings. The standard InChI is InChI=1S/C13H27N3/c1-4-13-10-16(6-5-15(13)3)9-11(2)12-7-14-8-12/h11-14H,4-10H2,1-3H3. The number of rotatable bonds is 4. The quantitative estimate of drug-likeness (QED) is 0.766. The molecule has 2 aliphatic rings. The van der Waals surface area contributed by atoms with E-state index in [0.29, 0.717) is 0 Å². The molecule has 3 heteroatoms. The highest BCUT2D eigenvalue weighted by Crippen LogP contribution is 2.19. The van der Waals surface area contributed by atoms with E-state index in [2.05, 4.69) is 36.0 Å². The molecule has 0 amide bonds. The summed E-state index contributed by atoms with van der Waals surface area (Å²) >= 11 is 0. The van der Waals surface area contributed by atoms with Crippen molar-refractivity contribution < 1.29 is 0 Å². The van der Waals surface area contributed by atoms with Crippen molar-refractivity contribution in [2.24, 2.45) is 11.8 Å². The summed E-state index contributed by atoms with van der Waals surface area (Å²) < 4.78 is 0. The van der Waals surface area contributed by atoms with E-state index in [9.17, 15) is 0 Å². The smallest absolute Gasteiger partial charge is 0.0218 e. The first-order valence-corrected chi connectivity index (χ1v) is 6.84. The third-order valence-corrected chi connectivity index (χ3v) is 4.50. The number of likely N-dealkylation sites (N-methyl/N-ethyl adjacent to an activating group) is 1. The molecule has 0 aromatic heterocycles. The Kier molecular flexibility index (Phi) is 4.22.